The predicted octanol–water partition coefficient (Wildman–Crippen LogP) is 2.97. The van der Waals surface area contributed by atoms with Crippen LogP contribution < -0.4 is 0 Å². The normalized spacial score (nSPS) is 14.9. The Bertz CT molecular complexity index is 585. The summed E-state index contributed by atoms with van der Waals surface area (Å²) < 4.78 is 0. The number of likely N-dealkylation sites (tertiary alicyclic amines) is 1. The number of amides is 1. The van der Waals surface area contributed by atoms with E-state index in [2.05, 4.69) is 10.2 Å². The first-order chi connectivity index (χ1) is 9.24. The van der Waals surface area contributed by atoms with E-state index in [9.17, 15) is 4.79 Å². The smallest absolute Gasteiger partial charge is 0.271 e. The molecule has 19 heavy (non-hydrogen) atoms. The van der Waals surface area contributed by atoms with E-state index < -0.39 is 0 Å². The van der Waals surface area contributed by atoms with Gasteiger partial charge in [-0.25, -0.2) is 0 Å². The SMILES string of the molecule is O=C(c1cc(-c2ccc(Cl)cc2)n[nH]1)N1CCCC1. The van der Waals surface area contributed by atoms with Gasteiger partial charge in [-0.05, 0) is 31.0 Å². The Morgan fingerprint density at radius 1 is 1.21 bits per heavy atom. The third kappa shape index (κ3) is 2.49. The van der Waals surface area contributed by atoms with Gasteiger partial charge in [-0.3, -0.25) is 9.89 Å². The van der Waals surface area contributed by atoms with E-state index in [0.717, 1.165) is 37.2 Å². The lowest BCUT2D eigenvalue weighted by atomic mass is 10.1. The third-order valence-electron chi connectivity index (χ3n) is 3.34. The summed E-state index contributed by atoms with van der Waals surface area (Å²) in [5.74, 6) is 0.0326. The van der Waals surface area contributed by atoms with Gasteiger partial charge in [-0.15, -0.1) is 0 Å². The van der Waals surface area contributed by atoms with Gasteiger partial charge in [0.1, 0.15) is 5.69 Å². The van der Waals surface area contributed by atoms with E-state index in [1.807, 2.05) is 29.2 Å². The maximum atomic E-state index is 12.2. The van der Waals surface area contributed by atoms with Gasteiger partial charge in [-0.1, -0.05) is 23.7 Å². The van der Waals surface area contributed by atoms with Gasteiger partial charge in [0.2, 0.25) is 0 Å². The molecule has 1 aromatic heterocycles. The van der Waals surface area contributed by atoms with Gasteiger partial charge in [0.15, 0.2) is 0 Å². The zero-order valence-electron chi connectivity index (χ0n) is 10.4. The highest BCUT2D eigenvalue weighted by molar-refractivity contribution is 6.30. The van der Waals surface area contributed by atoms with Crippen LogP contribution in [0.1, 0.15) is 23.3 Å². The predicted molar refractivity (Wildman–Crippen MR) is 74.2 cm³/mol. The van der Waals surface area contributed by atoms with Gasteiger partial charge in [0, 0.05) is 23.7 Å². The number of hydrogen-bond donors (Lipinski definition) is 1. The number of H-pyrrole nitrogens is 1. The van der Waals surface area contributed by atoms with Crippen LogP contribution in [-0.2, 0) is 0 Å². The van der Waals surface area contributed by atoms with E-state index in [4.69, 9.17) is 11.6 Å². The Morgan fingerprint density at radius 2 is 1.89 bits per heavy atom. The summed E-state index contributed by atoms with van der Waals surface area (Å²) in [5.41, 5.74) is 2.26. The Hall–Kier alpha value is -1.81. The highest BCUT2D eigenvalue weighted by Gasteiger charge is 2.21. The van der Waals surface area contributed by atoms with Gasteiger partial charge in [0.05, 0.1) is 5.69 Å². The van der Waals surface area contributed by atoms with E-state index >= 15 is 0 Å². The van der Waals surface area contributed by atoms with Crippen molar-refractivity contribution in [3.05, 3.63) is 41.0 Å². The van der Waals surface area contributed by atoms with Crippen molar-refractivity contribution in [1.82, 2.24) is 15.1 Å². The van der Waals surface area contributed by atoms with E-state index in [-0.39, 0.29) is 5.91 Å². The van der Waals surface area contributed by atoms with Crippen LogP contribution in [0.2, 0.25) is 5.02 Å². The Kier molecular flexibility index (Phi) is 3.25. The molecule has 0 atom stereocenters. The molecule has 0 aliphatic carbocycles. The van der Waals surface area contributed by atoms with Crippen LogP contribution in [0.3, 0.4) is 0 Å². The van der Waals surface area contributed by atoms with Crippen molar-refractivity contribution in [3.63, 3.8) is 0 Å². The molecule has 2 aromatic rings. The molecular formula is C14H14ClN3O. The van der Waals surface area contributed by atoms with Crippen LogP contribution in [0, 0.1) is 0 Å². The largest absolute Gasteiger partial charge is 0.337 e. The Labute approximate surface area is 116 Å². The quantitative estimate of drug-likeness (QED) is 0.916. The highest BCUT2D eigenvalue weighted by atomic mass is 35.5. The second kappa shape index (κ2) is 5.05. The molecule has 4 nitrogen and oxygen atoms in total. The number of nitrogens with zero attached hydrogens (tertiary/aromatic N) is 2. The first kappa shape index (κ1) is 12.2. The van der Waals surface area contributed by atoms with Crippen LogP contribution >= 0.6 is 11.6 Å². The van der Waals surface area contributed by atoms with Crippen molar-refractivity contribution in [3.8, 4) is 11.3 Å². The number of halogens is 1. The summed E-state index contributed by atoms with van der Waals surface area (Å²) in [6.07, 6.45) is 2.17. The molecule has 0 saturated carbocycles. The third-order valence-corrected chi connectivity index (χ3v) is 3.59. The summed E-state index contributed by atoms with van der Waals surface area (Å²) in [5, 5.41) is 7.70. The van der Waals surface area contributed by atoms with Crippen molar-refractivity contribution in [2.75, 3.05) is 13.1 Å². The van der Waals surface area contributed by atoms with Crippen LogP contribution in [0.5, 0.6) is 0 Å². The average molecular weight is 276 g/mol. The first-order valence-corrected chi connectivity index (χ1v) is 6.72. The van der Waals surface area contributed by atoms with Gasteiger partial charge < -0.3 is 4.90 Å². The van der Waals surface area contributed by atoms with Crippen LogP contribution in [-0.4, -0.2) is 34.1 Å². The molecule has 1 aliphatic rings. The molecule has 1 aliphatic heterocycles. The standard InChI is InChI=1S/C14H14ClN3O/c15-11-5-3-10(4-6-11)12-9-13(17-16-12)14(19)18-7-1-2-8-18/h3-6,9H,1-2,7-8H2,(H,16,17). The molecule has 0 bridgehead atoms. The zero-order chi connectivity index (χ0) is 13.2. The Morgan fingerprint density at radius 3 is 2.58 bits per heavy atom. The minimum atomic E-state index is 0.0326. The average Bonchev–Trinajstić information content (AvgIpc) is 3.10. The number of carbonyl (C=O) groups is 1. The number of rotatable bonds is 2. The van der Waals surface area contributed by atoms with Gasteiger partial charge >= 0.3 is 0 Å². The van der Waals surface area contributed by atoms with Crippen molar-refractivity contribution >= 4 is 17.5 Å². The number of hydrogen-bond acceptors (Lipinski definition) is 2. The molecule has 5 heteroatoms. The molecule has 98 valence electrons. The molecule has 3 rings (SSSR count). The summed E-state index contributed by atoms with van der Waals surface area (Å²) in [7, 11) is 0. The fourth-order valence-electron chi connectivity index (χ4n) is 2.29. The minimum Gasteiger partial charge on any atom is -0.337 e. The zero-order valence-corrected chi connectivity index (χ0v) is 11.2. The maximum Gasteiger partial charge on any atom is 0.271 e. The number of aromatic amines is 1. The van der Waals surface area contributed by atoms with E-state index in [0.29, 0.717) is 10.7 Å². The second-order valence-corrected chi connectivity index (χ2v) is 5.11. The van der Waals surface area contributed by atoms with Gasteiger partial charge in [0.25, 0.3) is 5.91 Å². The Balaban J connectivity index is 1.82. The summed E-state index contributed by atoms with van der Waals surface area (Å²) in [4.78, 5) is 14.0. The van der Waals surface area contributed by atoms with E-state index in [1.54, 1.807) is 6.07 Å². The lowest BCUT2D eigenvalue weighted by molar-refractivity contribution is 0.0787. The maximum absolute atomic E-state index is 12.2. The molecule has 1 N–H and O–H groups in total. The van der Waals surface area contributed by atoms with Crippen molar-refractivity contribution in [2.24, 2.45) is 0 Å². The molecule has 0 unspecified atom stereocenters. The minimum absolute atomic E-state index is 0.0326. The topological polar surface area (TPSA) is 49.0 Å². The fraction of sp³-hybridized carbons (Fsp3) is 0.286. The second-order valence-electron chi connectivity index (χ2n) is 4.67. The van der Waals surface area contributed by atoms with E-state index in [1.165, 1.54) is 0 Å². The first-order valence-electron chi connectivity index (χ1n) is 6.35. The highest BCUT2D eigenvalue weighted by Crippen LogP contribution is 2.21. The van der Waals surface area contributed by atoms with Crippen molar-refractivity contribution < 1.29 is 4.79 Å². The van der Waals surface area contributed by atoms with Gasteiger partial charge in [-0.2, -0.15) is 5.10 Å². The molecule has 1 amide bonds. The molecular weight excluding hydrogens is 262 g/mol. The number of nitrogens with one attached hydrogen (secondary N) is 1. The summed E-state index contributed by atoms with van der Waals surface area (Å²) in [6, 6.07) is 9.20. The summed E-state index contributed by atoms with van der Waals surface area (Å²) >= 11 is 5.85. The number of aromatic nitrogens is 2. The lowest BCUT2D eigenvalue weighted by Crippen LogP contribution is -2.27. The monoisotopic (exact) mass is 275 g/mol. The number of carbonyl (C=O) groups excluding carboxylic acids is 1. The molecule has 1 saturated heterocycles. The lowest BCUT2D eigenvalue weighted by Gasteiger charge is -2.12. The molecule has 1 fully saturated rings. The van der Waals surface area contributed by atoms with Crippen LogP contribution in [0.15, 0.2) is 30.3 Å². The molecule has 0 radical (unpaired) electrons. The molecule has 0 spiro atoms. The fourth-order valence-corrected chi connectivity index (χ4v) is 2.42. The number of benzene rings is 1. The van der Waals surface area contributed by atoms with Crippen molar-refractivity contribution in [1.29, 1.82) is 0 Å². The molecule has 1 aromatic carbocycles. The van der Waals surface area contributed by atoms with Crippen LogP contribution in [0.4, 0.5) is 0 Å². The molecule has 2 heterocycles. The summed E-state index contributed by atoms with van der Waals surface area (Å²) in [6.45, 7) is 1.68. The van der Waals surface area contributed by atoms with Crippen molar-refractivity contribution in [2.45, 2.75) is 12.8 Å². The van der Waals surface area contributed by atoms with Crippen LogP contribution in [0.25, 0.3) is 11.3 Å².